The van der Waals surface area contributed by atoms with E-state index in [0.29, 0.717) is 58.1 Å². The van der Waals surface area contributed by atoms with Crippen molar-refractivity contribution in [1.29, 1.82) is 0 Å². The minimum absolute atomic E-state index is 0.147. The summed E-state index contributed by atoms with van der Waals surface area (Å²) in [5.41, 5.74) is 2.14. The summed E-state index contributed by atoms with van der Waals surface area (Å²) in [6.07, 6.45) is 5.76. The Bertz CT molecular complexity index is 1810. The number of carbonyl (C=O) groups is 1. The Balaban J connectivity index is 1.18. The number of aromatic nitrogens is 5. The van der Waals surface area contributed by atoms with Gasteiger partial charge in [-0.2, -0.15) is 0 Å². The molecule has 218 valence electrons. The number of thiazole rings is 1. The fourth-order valence-electron chi connectivity index (χ4n) is 4.33. The van der Waals surface area contributed by atoms with E-state index in [1.54, 1.807) is 48.6 Å². The van der Waals surface area contributed by atoms with E-state index in [9.17, 15) is 4.79 Å². The predicted molar refractivity (Wildman–Crippen MR) is 160 cm³/mol. The molecule has 0 saturated carbocycles. The smallest absolute Gasteiger partial charge is 0.279 e. The first-order valence-electron chi connectivity index (χ1n) is 13.0. The quantitative estimate of drug-likeness (QED) is 0.209. The van der Waals surface area contributed by atoms with Gasteiger partial charge in [0.15, 0.2) is 11.5 Å². The number of carbonyl (C=O) groups excluding carboxylic acids is 1. The second-order valence-corrected chi connectivity index (χ2v) is 10.2. The van der Waals surface area contributed by atoms with Crippen LogP contribution in [0.3, 0.4) is 0 Å². The largest absolute Gasteiger partial charge is 0.493 e. The van der Waals surface area contributed by atoms with E-state index in [1.807, 2.05) is 5.38 Å². The highest BCUT2D eigenvalue weighted by atomic mass is 32.1. The number of benzene rings is 2. The molecule has 0 unspecified atom stereocenters. The molecule has 2 aromatic carbocycles. The summed E-state index contributed by atoms with van der Waals surface area (Å²) in [7, 11) is 3.27. The summed E-state index contributed by atoms with van der Waals surface area (Å²) in [6, 6.07) is 7.91. The molecule has 43 heavy (non-hydrogen) atoms. The standard InChI is InChI=1S/C29H25FN8O4S/c1-4-26(39)38-12-18(13-38)41-25-8-19-22(9-24(25)40-3)34-15-35-27(19)36-21-6-5-17(7-20(21)30)42-29-37-23(14-43-29)16-10-32-28(31-2)33-11-16/h4-11,14-15,18H,1,12-13H2,2-3H3,(H,31,32,33)(H,34,35,36). The third kappa shape index (κ3) is 5.85. The molecule has 0 aliphatic carbocycles. The number of hydrogen-bond acceptors (Lipinski definition) is 12. The normalized spacial score (nSPS) is 12.9. The maximum atomic E-state index is 15.2. The third-order valence-corrected chi connectivity index (χ3v) is 7.32. The number of halogens is 1. The van der Waals surface area contributed by atoms with Gasteiger partial charge in [-0.25, -0.2) is 29.3 Å². The van der Waals surface area contributed by atoms with Gasteiger partial charge in [0.05, 0.1) is 37.1 Å². The van der Waals surface area contributed by atoms with Gasteiger partial charge in [-0.1, -0.05) is 17.9 Å². The molecule has 1 aliphatic rings. The van der Waals surface area contributed by atoms with Gasteiger partial charge in [0.1, 0.15) is 29.8 Å². The van der Waals surface area contributed by atoms with Crippen molar-refractivity contribution in [3.05, 3.63) is 72.9 Å². The molecule has 0 bridgehead atoms. The molecule has 4 heterocycles. The molecule has 0 spiro atoms. The maximum Gasteiger partial charge on any atom is 0.279 e. The molecule has 3 aromatic heterocycles. The SMILES string of the molecule is C=CC(=O)N1CC(Oc2cc3c(Nc4ccc(Oc5nc(-c6cnc(NC)nc6)cs5)cc4F)ncnc3cc2OC)C1. The van der Waals surface area contributed by atoms with E-state index in [1.165, 1.54) is 36.9 Å². The van der Waals surface area contributed by atoms with Gasteiger partial charge in [-0.3, -0.25) is 4.79 Å². The van der Waals surface area contributed by atoms with Gasteiger partial charge in [0.2, 0.25) is 11.9 Å². The lowest BCUT2D eigenvalue weighted by atomic mass is 10.1. The number of amides is 1. The van der Waals surface area contributed by atoms with Crippen LogP contribution in [0.5, 0.6) is 22.4 Å². The number of anilines is 3. The Morgan fingerprint density at radius 1 is 1.14 bits per heavy atom. The minimum Gasteiger partial charge on any atom is -0.493 e. The lowest BCUT2D eigenvalue weighted by molar-refractivity contribution is -0.134. The molecule has 1 amide bonds. The summed E-state index contributed by atoms with van der Waals surface area (Å²) in [5.74, 6) is 1.40. The summed E-state index contributed by atoms with van der Waals surface area (Å²) >= 11 is 1.27. The highest BCUT2D eigenvalue weighted by Gasteiger charge is 2.31. The van der Waals surface area contributed by atoms with Crippen LogP contribution in [-0.4, -0.2) is 69.1 Å². The monoisotopic (exact) mass is 600 g/mol. The molecule has 1 fully saturated rings. The Morgan fingerprint density at radius 2 is 1.95 bits per heavy atom. The van der Waals surface area contributed by atoms with Crippen molar-refractivity contribution in [1.82, 2.24) is 29.8 Å². The fourth-order valence-corrected chi connectivity index (χ4v) is 5.03. The van der Waals surface area contributed by atoms with Crippen LogP contribution in [-0.2, 0) is 4.79 Å². The lowest BCUT2D eigenvalue weighted by Crippen LogP contribution is -2.55. The van der Waals surface area contributed by atoms with E-state index in [2.05, 4.69) is 42.1 Å². The van der Waals surface area contributed by atoms with Crippen LogP contribution in [0.25, 0.3) is 22.2 Å². The third-order valence-electron chi connectivity index (χ3n) is 6.60. The number of rotatable bonds is 10. The Kier molecular flexibility index (Phi) is 7.66. The molecule has 1 saturated heterocycles. The number of nitrogens with one attached hydrogen (secondary N) is 2. The summed E-state index contributed by atoms with van der Waals surface area (Å²) < 4.78 is 32.6. The Labute approximate surface area is 249 Å². The van der Waals surface area contributed by atoms with Crippen LogP contribution in [0.4, 0.5) is 21.8 Å². The fraction of sp³-hybridized carbons (Fsp3) is 0.172. The predicted octanol–water partition coefficient (Wildman–Crippen LogP) is 5.04. The zero-order chi connectivity index (χ0) is 29.9. The minimum atomic E-state index is -0.552. The molecule has 0 atom stereocenters. The molecule has 5 aromatic rings. The van der Waals surface area contributed by atoms with Crippen LogP contribution in [0, 0.1) is 5.82 Å². The number of nitrogens with zero attached hydrogens (tertiary/aromatic N) is 6. The lowest BCUT2D eigenvalue weighted by Gasteiger charge is -2.38. The molecular weight excluding hydrogens is 575 g/mol. The molecule has 14 heteroatoms. The van der Waals surface area contributed by atoms with Crippen molar-refractivity contribution in [3.63, 3.8) is 0 Å². The first-order chi connectivity index (χ1) is 20.9. The van der Waals surface area contributed by atoms with Crippen molar-refractivity contribution in [2.45, 2.75) is 6.10 Å². The summed E-state index contributed by atoms with van der Waals surface area (Å²) in [4.78, 5) is 34.9. The molecule has 6 rings (SSSR count). The molecule has 12 nitrogen and oxygen atoms in total. The van der Waals surface area contributed by atoms with Crippen LogP contribution in [0.1, 0.15) is 0 Å². The summed E-state index contributed by atoms with van der Waals surface area (Å²) in [6.45, 7) is 4.38. The van der Waals surface area contributed by atoms with Gasteiger partial charge in [-0.05, 0) is 24.3 Å². The number of hydrogen-bond donors (Lipinski definition) is 2. The van der Waals surface area contributed by atoms with Crippen LogP contribution >= 0.6 is 11.3 Å². The average Bonchev–Trinajstić information content (AvgIpc) is 3.48. The van der Waals surface area contributed by atoms with Crippen molar-refractivity contribution < 1.29 is 23.4 Å². The van der Waals surface area contributed by atoms with Crippen molar-refractivity contribution in [3.8, 4) is 33.7 Å². The highest BCUT2D eigenvalue weighted by Crippen LogP contribution is 2.37. The highest BCUT2D eigenvalue weighted by molar-refractivity contribution is 7.11. The van der Waals surface area contributed by atoms with Gasteiger partial charge in [-0.15, -0.1) is 0 Å². The Hall–Kier alpha value is -5.37. The first kappa shape index (κ1) is 27.8. The maximum absolute atomic E-state index is 15.2. The van der Waals surface area contributed by atoms with E-state index in [4.69, 9.17) is 14.2 Å². The van der Waals surface area contributed by atoms with E-state index >= 15 is 4.39 Å². The zero-order valence-corrected chi connectivity index (χ0v) is 23.9. The van der Waals surface area contributed by atoms with E-state index < -0.39 is 5.82 Å². The van der Waals surface area contributed by atoms with E-state index in [0.717, 1.165) is 5.56 Å². The molecule has 0 radical (unpaired) electrons. The van der Waals surface area contributed by atoms with Crippen LogP contribution in [0.15, 0.2) is 67.1 Å². The second-order valence-electron chi connectivity index (χ2n) is 9.34. The molecular formula is C29H25FN8O4S. The number of fused-ring (bicyclic) bond motifs is 1. The zero-order valence-electron chi connectivity index (χ0n) is 23.1. The van der Waals surface area contributed by atoms with Crippen LogP contribution in [0.2, 0.25) is 0 Å². The molecule has 2 N–H and O–H groups in total. The van der Waals surface area contributed by atoms with Gasteiger partial charge >= 0.3 is 0 Å². The summed E-state index contributed by atoms with van der Waals surface area (Å²) in [5, 5.41) is 8.66. The number of ether oxygens (including phenoxy) is 3. The number of likely N-dealkylation sites (tertiary alicyclic amines) is 1. The second kappa shape index (κ2) is 11.9. The Morgan fingerprint density at radius 3 is 2.67 bits per heavy atom. The van der Waals surface area contributed by atoms with Crippen molar-refractivity contribution >= 4 is 45.6 Å². The van der Waals surface area contributed by atoms with Crippen molar-refractivity contribution in [2.24, 2.45) is 0 Å². The first-order valence-corrected chi connectivity index (χ1v) is 13.9. The average molecular weight is 601 g/mol. The topological polar surface area (TPSA) is 137 Å². The van der Waals surface area contributed by atoms with Crippen molar-refractivity contribution in [2.75, 3.05) is 37.9 Å². The van der Waals surface area contributed by atoms with Gasteiger partial charge in [0.25, 0.3) is 5.19 Å². The number of methoxy groups -OCH3 is 1. The van der Waals surface area contributed by atoms with Crippen LogP contribution < -0.4 is 24.8 Å². The van der Waals surface area contributed by atoms with Gasteiger partial charge < -0.3 is 29.7 Å². The van der Waals surface area contributed by atoms with E-state index in [-0.39, 0.29) is 23.4 Å². The molecule has 1 aliphatic heterocycles. The van der Waals surface area contributed by atoms with Gasteiger partial charge in [0, 0.05) is 47.9 Å².